The second-order valence-electron chi connectivity index (χ2n) is 27.2. The number of aromatic nitrogens is 12. The second-order valence-corrected chi connectivity index (χ2v) is 28.2. The summed E-state index contributed by atoms with van der Waals surface area (Å²) in [5, 5.41) is 26.4. The third-order valence-electron chi connectivity index (χ3n) is 19.8. The van der Waals surface area contributed by atoms with E-state index in [0.29, 0.717) is 76.5 Å². The van der Waals surface area contributed by atoms with E-state index in [1.165, 1.54) is 25.1 Å². The summed E-state index contributed by atoms with van der Waals surface area (Å²) in [6, 6.07) is 33.0. The lowest BCUT2D eigenvalue weighted by Gasteiger charge is -2.28. The first-order valence-corrected chi connectivity index (χ1v) is 33.6. The van der Waals surface area contributed by atoms with Gasteiger partial charge >= 0.3 is 0 Å². The molecule has 12 atom stereocenters. The van der Waals surface area contributed by atoms with E-state index >= 15 is 13.2 Å². The van der Waals surface area contributed by atoms with E-state index in [4.69, 9.17) is 53.3 Å². The zero-order valence-electron chi connectivity index (χ0n) is 55.2. The fourth-order valence-corrected chi connectivity index (χ4v) is 15.2. The largest absolute Gasteiger partial charge is 0.388 e. The zero-order chi connectivity index (χ0) is 70.4. The van der Waals surface area contributed by atoms with Gasteiger partial charge in [-0.05, 0) is 143 Å². The van der Waals surface area contributed by atoms with Crippen molar-refractivity contribution in [3.8, 4) is 0 Å². The number of anilines is 6. The molecule has 2 saturated heterocycles. The van der Waals surface area contributed by atoms with Crippen molar-refractivity contribution in [1.82, 2.24) is 58.6 Å². The van der Waals surface area contributed by atoms with Crippen molar-refractivity contribution in [2.45, 2.75) is 163 Å². The fraction of sp³-hybridized carbons (Fsp3) is 0.356. The molecular weight excluding hydrogens is 1360 g/mol. The molecule has 0 bridgehead atoms. The number of nitrogens with zero attached hydrogens (tertiary/aromatic N) is 12. The van der Waals surface area contributed by atoms with Gasteiger partial charge in [0.1, 0.15) is 119 Å². The van der Waals surface area contributed by atoms with Gasteiger partial charge in [0.15, 0.2) is 17.2 Å². The highest BCUT2D eigenvalue weighted by Gasteiger charge is 2.64. The van der Waals surface area contributed by atoms with Crippen LogP contribution in [0.2, 0.25) is 0 Å². The van der Waals surface area contributed by atoms with E-state index in [9.17, 15) is 10.2 Å². The van der Waals surface area contributed by atoms with Crippen LogP contribution in [0.3, 0.4) is 0 Å². The van der Waals surface area contributed by atoms with E-state index in [0.717, 1.165) is 59.1 Å². The minimum Gasteiger partial charge on any atom is -0.388 e. The first-order valence-electron chi connectivity index (χ1n) is 32.8. The lowest BCUT2D eigenvalue weighted by Crippen LogP contribution is -2.39. The molecule has 0 radical (unpaired) electrons. The molecule has 5 fully saturated rings. The quantitative estimate of drug-likeness (QED) is 0.0590. The molecule has 526 valence electrons. The number of benzene rings is 3. The van der Waals surface area contributed by atoms with Crippen molar-refractivity contribution in [2.24, 2.45) is 0 Å². The van der Waals surface area contributed by atoms with Crippen molar-refractivity contribution in [1.29, 1.82) is 0 Å². The SMILES string of the molecule is C.C=C[C@@]1(F)C[C@@H](n2ccc3c(N)ncnc32)[C@@H]2OC(C)(C)O[C@@H]21.CC1(C)O[C@H]2[C@H](n3ccc4c(N)ncnc43)C[C@](F)(CCc3ccc4ccc(N)nc4c3)[C@H]2O1.Nc1ccc2ccc(Br)cc2n1.Nc1ccc2ccc(CC[C@@]3(F)C[C@@H](n4ccc5c(N)ncnc54)[C@H](O)[C@@H]3O)cc2n1. The number of nitrogens with two attached hydrogens (primary N) is 6. The summed E-state index contributed by atoms with van der Waals surface area (Å²) >= 11 is 3.38. The fourth-order valence-electron chi connectivity index (χ4n) is 14.9. The predicted octanol–water partition coefficient (Wildman–Crippen LogP) is 11.7. The Hall–Kier alpha value is -9.68. The molecule has 3 saturated carbocycles. The molecule has 9 aromatic heterocycles. The number of aryl methyl sites for hydroxylation is 2. The smallest absolute Gasteiger partial charge is 0.164 e. The van der Waals surface area contributed by atoms with Crippen molar-refractivity contribution in [3.63, 3.8) is 0 Å². The highest BCUT2D eigenvalue weighted by molar-refractivity contribution is 9.10. The van der Waals surface area contributed by atoms with Crippen molar-refractivity contribution < 1.29 is 42.3 Å². The van der Waals surface area contributed by atoms with Gasteiger partial charge in [-0.1, -0.05) is 66.3 Å². The van der Waals surface area contributed by atoms with E-state index < -0.39 is 71.2 Å². The lowest BCUT2D eigenvalue weighted by atomic mass is 9.92. The number of aliphatic hydroxyl groups is 2. The van der Waals surface area contributed by atoms with E-state index in [1.54, 1.807) is 48.9 Å². The predicted molar refractivity (Wildman–Crippen MR) is 388 cm³/mol. The number of hydrogen-bond donors (Lipinski definition) is 8. The van der Waals surface area contributed by atoms with Gasteiger partial charge in [0, 0.05) is 58.5 Å². The Morgan fingerprint density at radius 3 is 1.36 bits per heavy atom. The van der Waals surface area contributed by atoms with Crippen LogP contribution in [0.25, 0.3) is 65.8 Å². The Kier molecular flexibility index (Phi) is 18.4. The van der Waals surface area contributed by atoms with Crippen LogP contribution >= 0.6 is 15.9 Å². The summed E-state index contributed by atoms with van der Waals surface area (Å²) in [6.07, 6.45) is 7.65. The first kappa shape index (κ1) is 69.8. The average Bonchev–Trinajstić information content (AvgIpc) is 1.58. The van der Waals surface area contributed by atoms with Crippen LogP contribution in [0.1, 0.15) is 96.5 Å². The lowest BCUT2D eigenvalue weighted by molar-refractivity contribution is -0.172. The Balaban J connectivity index is 0.000000126. The Bertz CT molecular complexity index is 5060. The number of aliphatic hydroxyl groups excluding tert-OH is 2. The van der Waals surface area contributed by atoms with Gasteiger partial charge in [-0.2, -0.15) is 0 Å². The topological polar surface area (TPSA) is 364 Å². The molecule has 17 rings (SSSR count). The van der Waals surface area contributed by atoms with Gasteiger partial charge in [0.2, 0.25) is 0 Å². The molecule has 3 aliphatic carbocycles. The van der Waals surface area contributed by atoms with Gasteiger partial charge < -0.3 is 77.3 Å². The molecule has 5 aliphatic rings. The van der Waals surface area contributed by atoms with Crippen molar-refractivity contribution >= 4 is 117 Å². The number of fused-ring (bicyclic) bond motifs is 8. The molecule has 3 aromatic carbocycles. The minimum absolute atomic E-state index is 0. The maximum atomic E-state index is 16.7. The standard InChI is InChI=1S/C25H27FN6O2.C22H23FN6O2.C16H19FN4O2.C9H7BrN2.CH4/c1-24(2)33-20-18(32-10-8-16-22(28)29-13-30-23(16)32)12-25(26,21(20)34-24)9-7-14-3-4-15-5-6-19(27)31-17(15)11-14;23-22(7-5-12-1-2-13-3-4-17(24)28-15(13)9-12)10-16(18(30)19(22)31)29-8-6-14-20(25)26-11-27-21(14)29;1-4-16(17)7-10(11-12(16)23-15(2,3)22-11)21-6-5-9-13(18)19-8-20-14(9)21;10-7-3-1-6-2-4-9(11)12-8(6)5-7;/h3-6,8,10-11,13,18,20-21H,7,9,12H2,1-2H3,(H2,27,31)(H2,28,29,30);1-4,6,8-9,11,16,18-19,30-31H,5,7,10H2,(H2,24,28)(H2,25,26,27);4-6,8,10-12H,1,7H2,2-3H3,(H2,18,19,20);1-5H,(H2,11,12);1H4/t18-,20+,21+,25-;16-,18+,19+,22-;10-,11+,12+,16-;;/m111../s1. The van der Waals surface area contributed by atoms with Crippen molar-refractivity contribution in [3.05, 3.63) is 175 Å². The first-order chi connectivity index (χ1) is 47.7. The highest BCUT2D eigenvalue weighted by atomic mass is 79.9. The maximum absolute atomic E-state index is 16.7. The van der Waals surface area contributed by atoms with Gasteiger partial charge in [-0.3, -0.25) is 0 Å². The number of hydrogen-bond acceptors (Lipinski definition) is 21. The zero-order valence-corrected chi connectivity index (χ0v) is 56.7. The molecule has 14 N–H and O–H groups in total. The summed E-state index contributed by atoms with van der Waals surface area (Å²) in [6.45, 7) is 10.9. The monoisotopic (exact) mass is 1440 g/mol. The third kappa shape index (κ3) is 13.4. The van der Waals surface area contributed by atoms with Crippen LogP contribution in [0.15, 0.2) is 164 Å². The molecule has 0 amide bonds. The van der Waals surface area contributed by atoms with Crippen LogP contribution in [-0.4, -0.2) is 134 Å². The molecule has 11 heterocycles. The van der Waals surface area contributed by atoms with Crippen LogP contribution in [0, 0.1) is 0 Å². The highest BCUT2D eigenvalue weighted by Crippen LogP contribution is 2.55. The van der Waals surface area contributed by atoms with Gasteiger partial charge in [0.05, 0.1) is 50.8 Å². The number of rotatable bonds is 10. The molecule has 12 aromatic rings. The number of halogens is 4. The number of nitrogen functional groups attached to an aromatic ring is 6. The minimum atomic E-state index is -1.95. The third-order valence-corrected chi connectivity index (χ3v) is 20.3. The van der Waals surface area contributed by atoms with E-state index in [1.807, 2.05) is 120 Å². The summed E-state index contributed by atoms with van der Waals surface area (Å²) < 4.78 is 78.5. The van der Waals surface area contributed by atoms with Crippen molar-refractivity contribution in [2.75, 3.05) is 34.4 Å². The summed E-state index contributed by atoms with van der Waals surface area (Å²) in [4.78, 5) is 37.8. The summed E-state index contributed by atoms with van der Waals surface area (Å²) in [7, 11) is 0. The number of alkyl halides is 3. The van der Waals surface area contributed by atoms with Crippen LogP contribution < -0.4 is 34.4 Å². The van der Waals surface area contributed by atoms with Gasteiger partial charge in [-0.25, -0.2) is 58.0 Å². The molecule has 101 heavy (non-hydrogen) atoms. The molecule has 2 aliphatic heterocycles. The molecule has 24 nitrogen and oxygen atoms in total. The second kappa shape index (κ2) is 26.7. The normalized spacial score (nSPS) is 26.8. The van der Waals surface area contributed by atoms with Crippen LogP contribution in [0.4, 0.5) is 48.1 Å². The Labute approximate surface area is 587 Å². The van der Waals surface area contributed by atoms with Gasteiger partial charge in [0.25, 0.3) is 0 Å². The average molecular weight is 1440 g/mol. The maximum Gasteiger partial charge on any atom is 0.164 e. The number of pyridine rings is 3. The van der Waals surface area contributed by atoms with Crippen LogP contribution in [0.5, 0.6) is 0 Å². The Morgan fingerprint density at radius 2 is 0.891 bits per heavy atom. The van der Waals surface area contributed by atoms with Crippen LogP contribution in [-0.2, 0) is 31.8 Å². The summed E-state index contributed by atoms with van der Waals surface area (Å²) in [5.74, 6) is 0.872. The number of ether oxygens (including phenoxy) is 4. The Morgan fingerprint density at radius 1 is 0.505 bits per heavy atom. The molecule has 0 spiro atoms. The van der Waals surface area contributed by atoms with Gasteiger partial charge in [-0.15, -0.1) is 0 Å². The molecule has 28 heteroatoms. The van der Waals surface area contributed by atoms with E-state index in [2.05, 4.69) is 67.4 Å². The molecular formula is C73H80BrF3N18O6. The molecule has 0 unspecified atom stereocenters. The van der Waals surface area contributed by atoms with E-state index in [-0.39, 0.29) is 45.2 Å². The summed E-state index contributed by atoms with van der Waals surface area (Å²) in [5.41, 5.74) is 36.0.